The van der Waals surface area contributed by atoms with Crippen LogP contribution in [0.2, 0.25) is 0 Å². The second-order valence-corrected chi connectivity index (χ2v) is 12.9. The Balaban J connectivity index is 2.24. The summed E-state index contributed by atoms with van der Waals surface area (Å²) in [7, 11) is 0. The van der Waals surface area contributed by atoms with Gasteiger partial charge in [-0.25, -0.2) is 14.0 Å². The topological polar surface area (TPSA) is 100 Å². The SMILES string of the molecule is CC(C)(C)OC(=O)N[C@@H](CC(Cc1ccc(OC2CC(F)C2)cc1)C(=O)OC(C)(C)C)C(=O)OC(C)(C)C. The van der Waals surface area contributed by atoms with Gasteiger partial charge >= 0.3 is 18.0 Å². The Morgan fingerprint density at radius 3 is 1.82 bits per heavy atom. The number of rotatable bonds is 9. The zero-order valence-electron chi connectivity index (χ0n) is 24.2. The van der Waals surface area contributed by atoms with Gasteiger partial charge in [-0.1, -0.05) is 12.1 Å². The highest BCUT2D eigenvalue weighted by Gasteiger charge is 2.35. The number of benzene rings is 1. The molecular formula is C29H44FNO7. The summed E-state index contributed by atoms with van der Waals surface area (Å²) in [6.07, 6.45) is -0.746. The molecule has 1 aliphatic carbocycles. The number of alkyl carbamates (subject to hydrolysis) is 1. The molecule has 0 spiro atoms. The molecule has 0 bridgehead atoms. The van der Waals surface area contributed by atoms with Gasteiger partial charge in [0.2, 0.25) is 0 Å². The first kappa shape index (κ1) is 31.4. The van der Waals surface area contributed by atoms with Crippen LogP contribution >= 0.6 is 0 Å². The van der Waals surface area contributed by atoms with Crippen LogP contribution in [-0.4, -0.2) is 53.2 Å². The number of amides is 1. The summed E-state index contributed by atoms with van der Waals surface area (Å²) in [5.74, 6) is -1.32. The van der Waals surface area contributed by atoms with Crippen LogP contribution in [0.3, 0.4) is 0 Å². The van der Waals surface area contributed by atoms with Gasteiger partial charge in [-0.15, -0.1) is 0 Å². The molecule has 0 saturated heterocycles. The third kappa shape index (κ3) is 11.7. The fourth-order valence-corrected chi connectivity index (χ4v) is 3.75. The lowest BCUT2D eigenvalue weighted by atomic mass is 9.92. The zero-order chi connectivity index (χ0) is 28.9. The van der Waals surface area contributed by atoms with Crippen LogP contribution < -0.4 is 10.1 Å². The first-order valence-electron chi connectivity index (χ1n) is 13.1. The Kier molecular flexibility index (Phi) is 10.2. The highest BCUT2D eigenvalue weighted by Crippen LogP contribution is 2.29. The molecule has 2 atom stereocenters. The van der Waals surface area contributed by atoms with Crippen molar-refractivity contribution >= 4 is 18.0 Å². The Bertz CT molecular complexity index is 951. The van der Waals surface area contributed by atoms with E-state index in [0.29, 0.717) is 18.6 Å². The summed E-state index contributed by atoms with van der Waals surface area (Å²) in [6.45, 7) is 15.6. The minimum Gasteiger partial charge on any atom is -0.490 e. The monoisotopic (exact) mass is 537 g/mol. The number of ether oxygens (including phenoxy) is 4. The Hall–Kier alpha value is -2.84. The number of hydrogen-bond donors (Lipinski definition) is 1. The first-order valence-corrected chi connectivity index (χ1v) is 13.1. The standard InChI is InChI=1S/C29H44FNO7/c1-27(2,3)36-24(32)19(14-18-10-12-21(13-11-18)35-22-16-20(30)17-22)15-23(25(33)37-28(4,5)6)31-26(34)38-29(7,8)9/h10-13,19-20,22-23H,14-17H2,1-9H3,(H,31,34)/t19?,20?,22?,23-/m0/s1. The van der Waals surface area contributed by atoms with Crippen molar-refractivity contribution in [3.8, 4) is 5.75 Å². The third-order valence-corrected chi connectivity index (χ3v) is 5.39. The van der Waals surface area contributed by atoms with E-state index in [1.54, 1.807) is 74.4 Å². The molecule has 0 aromatic heterocycles. The molecule has 0 radical (unpaired) electrons. The average Bonchev–Trinajstić information content (AvgIpc) is 2.68. The number of hydrogen-bond acceptors (Lipinski definition) is 7. The van der Waals surface area contributed by atoms with Gasteiger partial charge in [-0.3, -0.25) is 4.79 Å². The van der Waals surface area contributed by atoms with E-state index in [1.165, 1.54) is 0 Å². The molecule has 9 heteroatoms. The zero-order valence-corrected chi connectivity index (χ0v) is 24.2. The molecule has 1 saturated carbocycles. The van der Waals surface area contributed by atoms with Crippen LogP contribution in [0.15, 0.2) is 24.3 Å². The molecule has 0 aliphatic heterocycles. The smallest absolute Gasteiger partial charge is 0.408 e. The van der Waals surface area contributed by atoms with Crippen molar-refractivity contribution < 1.29 is 37.7 Å². The molecule has 1 aliphatic rings. The summed E-state index contributed by atoms with van der Waals surface area (Å²) in [5.41, 5.74) is -1.51. The lowest BCUT2D eigenvalue weighted by Gasteiger charge is -2.30. The van der Waals surface area contributed by atoms with E-state index in [1.807, 2.05) is 12.1 Å². The van der Waals surface area contributed by atoms with E-state index < -0.39 is 53.0 Å². The molecule has 1 aromatic rings. The van der Waals surface area contributed by atoms with Crippen molar-refractivity contribution in [1.82, 2.24) is 5.32 Å². The van der Waals surface area contributed by atoms with Gasteiger partial charge in [0.1, 0.15) is 40.9 Å². The highest BCUT2D eigenvalue weighted by atomic mass is 19.1. The van der Waals surface area contributed by atoms with E-state index in [-0.39, 0.29) is 18.9 Å². The van der Waals surface area contributed by atoms with Crippen molar-refractivity contribution in [2.24, 2.45) is 5.92 Å². The van der Waals surface area contributed by atoms with Gasteiger partial charge < -0.3 is 24.3 Å². The molecular weight excluding hydrogens is 493 g/mol. The first-order chi connectivity index (χ1) is 17.3. The van der Waals surface area contributed by atoms with E-state index in [0.717, 1.165) is 5.56 Å². The molecule has 1 N–H and O–H groups in total. The fourth-order valence-electron chi connectivity index (χ4n) is 3.75. The number of nitrogens with one attached hydrogen (secondary N) is 1. The third-order valence-electron chi connectivity index (χ3n) is 5.39. The molecule has 1 aromatic carbocycles. The van der Waals surface area contributed by atoms with E-state index in [4.69, 9.17) is 18.9 Å². The van der Waals surface area contributed by atoms with E-state index in [2.05, 4.69) is 5.32 Å². The van der Waals surface area contributed by atoms with E-state index in [9.17, 15) is 18.8 Å². The van der Waals surface area contributed by atoms with Crippen LogP contribution in [0.25, 0.3) is 0 Å². The van der Waals surface area contributed by atoms with Gasteiger partial charge in [0.05, 0.1) is 5.92 Å². The van der Waals surface area contributed by atoms with Gasteiger partial charge in [-0.2, -0.15) is 0 Å². The molecule has 0 heterocycles. The normalized spacial score (nSPS) is 19.4. The summed E-state index contributed by atoms with van der Waals surface area (Å²) in [4.78, 5) is 38.9. The number of carbonyl (C=O) groups excluding carboxylic acids is 3. The maximum absolute atomic E-state index is 13.2. The Labute approximate surface area is 225 Å². The largest absolute Gasteiger partial charge is 0.490 e. The average molecular weight is 538 g/mol. The molecule has 8 nitrogen and oxygen atoms in total. The summed E-state index contributed by atoms with van der Waals surface area (Å²) < 4.78 is 35.4. The molecule has 214 valence electrons. The van der Waals surface area contributed by atoms with Crippen molar-refractivity contribution in [1.29, 1.82) is 0 Å². The number of alkyl halides is 1. The Morgan fingerprint density at radius 2 is 1.34 bits per heavy atom. The summed E-state index contributed by atoms with van der Waals surface area (Å²) in [5, 5.41) is 2.58. The van der Waals surface area contributed by atoms with E-state index >= 15 is 0 Å². The van der Waals surface area contributed by atoms with Crippen LogP contribution in [0, 0.1) is 5.92 Å². The minimum absolute atomic E-state index is 0.0543. The molecule has 1 amide bonds. The molecule has 1 unspecified atom stereocenters. The van der Waals surface area contributed by atoms with Gasteiger partial charge in [0.25, 0.3) is 0 Å². The van der Waals surface area contributed by atoms with Crippen molar-refractivity contribution in [2.75, 3.05) is 0 Å². The van der Waals surface area contributed by atoms with Gasteiger partial charge in [-0.05, 0) is 92.9 Å². The molecule has 1 fully saturated rings. The maximum atomic E-state index is 13.2. The predicted octanol–water partition coefficient (Wildman–Crippen LogP) is 5.69. The minimum atomic E-state index is -1.14. The summed E-state index contributed by atoms with van der Waals surface area (Å²) >= 11 is 0. The number of esters is 2. The van der Waals surface area contributed by atoms with Crippen LogP contribution in [-0.2, 0) is 30.2 Å². The second kappa shape index (κ2) is 12.3. The maximum Gasteiger partial charge on any atom is 0.408 e. The predicted molar refractivity (Wildman–Crippen MR) is 142 cm³/mol. The lowest BCUT2D eigenvalue weighted by Crippen LogP contribution is -2.48. The fraction of sp³-hybridized carbons (Fsp3) is 0.690. The summed E-state index contributed by atoms with van der Waals surface area (Å²) in [6, 6.07) is 6.05. The van der Waals surface area contributed by atoms with Crippen molar-refractivity contribution in [2.45, 2.75) is 123 Å². The van der Waals surface area contributed by atoms with Crippen molar-refractivity contribution in [3.63, 3.8) is 0 Å². The van der Waals surface area contributed by atoms with Gasteiger partial charge in [0, 0.05) is 12.8 Å². The lowest BCUT2D eigenvalue weighted by molar-refractivity contribution is -0.162. The number of carbonyl (C=O) groups is 3. The highest BCUT2D eigenvalue weighted by molar-refractivity contribution is 5.83. The van der Waals surface area contributed by atoms with Gasteiger partial charge in [0.15, 0.2) is 0 Å². The van der Waals surface area contributed by atoms with Crippen LogP contribution in [0.1, 0.15) is 87.1 Å². The van der Waals surface area contributed by atoms with Crippen LogP contribution in [0.4, 0.5) is 9.18 Å². The quantitative estimate of drug-likeness (QED) is 0.319. The number of halogens is 1. The molecule has 38 heavy (non-hydrogen) atoms. The Morgan fingerprint density at radius 1 is 0.842 bits per heavy atom. The second-order valence-electron chi connectivity index (χ2n) is 12.9. The van der Waals surface area contributed by atoms with Crippen molar-refractivity contribution in [3.05, 3.63) is 29.8 Å². The molecule has 2 rings (SSSR count). The van der Waals surface area contributed by atoms with Crippen LogP contribution in [0.5, 0.6) is 5.75 Å².